The summed E-state index contributed by atoms with van der Waals surface area (Å²) >= 11 is 0. The molecule has 7 rings (SSSR count). The van der Waals surface area contributed by atoms with Gasteiger partial charge in [-0.3, -0.25) is 14.4 Å². The van der Waals surface area contributed by atoms with Crippen LogP contribution in [-0.4, -0.2) is 61.7 Å². The molecule has 3 aliphatic heterocycles. The van der Waals surface area contributed by atoms with Gasteiger partial charge in [0.15, 0.2) is 0 Å². The molecule has 0 radical (unpaired) electrons. The lowest BCUT2D eigenvalue weighted by molar-refractivity contribution is 0.0772. The standard InChI is InChI=1S/C38H38N4O5/c1-46-31-18-29(19-32(21-31)47-2)37(44)39-33-20-28(38(45)40-15-13-27(14-16-40)26-7-4-3-5-8-26)11-12-35(33)41-22-25-17-30(24-41)34-9-6-10-36(43)42(34)23-25/h3-13,18-21,25,30H,14-17,22-24H2,1-2H3,(H,39,44). The Kier molecular flexibility index (Phi) is 8.28. The van der Waals surface area contributed by atoms with Crippen LogP contribution in [-0.2, 0) is 6.54 Å². The van der Waals surface area contributed by atoms with Gasteiger partial charge in [-0.05, 0) is 66.3 Å². The second kappa shape index (κ2) is 12.8. The zero-order valence-electron chi connectivity index (χ0n) is 26.6. The number of rotatable bonds is 7. The number of hydrogen-bond acceptors (Lipinski definition) is 6. The molecule has 3 aromatic carbocycles. The minimum absolute atomic E-state index is 0.0404. The maximum atomic E-state index is 13.8. The lowest BCUT2D eigenvalue weighted by atomic mass is 9.83. The van der Waals surface area contributed by atoms with Gasteiger partial charge in [-0.2, -0.15) is 0 Å². The molecule has 3 aliphatic rings. The van der Waals surface area contributed by atoms with Crippen LogP contribution in [0.5, 0.6) is 11.5 Å². The molecule has 1 saturated heterocycles. The Hall–Kier alpha value is -5.31. The van der Waals surface area contributed by atoms with Crippen molar-refractivity contribution < 1.29 is 19.1 Å². The largest absolute Gasteiger partial charge is 0.497 e. The quantitative estimate of drug-likeness (QED) is 0.283. The molecule has 2 atom stereocenters. The molecule has 4 heterocycles. The Labute approximate surface area is 274 Å². The summed E-state index contributed by atoms with van der Waals surface area (Å²) < 4.78 is 12.7. The Morgan fingerprint density at radius 1 is 0.830 bits per heavy atom. The summed E-state index contributed by atoms with van der Waals surface area (Å²) in [4.78, 5) is 44.3. The summed E-state index contributed by atoms with van der Waals surface area (Å²) in [6.07, 6.45) is 3.91. The highest BCUT2D eigenvalue weighted by Gasteiger charge is 2.35. The van der Waals surface area contributed by atoms with Gasteiger partial charge < -0.3 is 29.2 Å². The van der Waals surface area contributed by atoms with Gasteiger partial charge in [-0.1, -0.05) is 42.5 Å². The molecule has 0 aliphatic carbocycles. The average Bonchev–Trinajstić information content (AvgIpc) is 3.12. The average molecular weight is 631 g/mol. The number of amides is 2. The molecule has 1 aromatic heterocycles. The van der Waals surface area contributed by atoms with Crippen molar-refractivity contribution in [2.75, 3.05) is 50.6 Å². The Morgan fingerprint density at radius 2 is 1.62 bits per heavy atom. The molecular weight excluding hydrogens is 592 g/mol. The molecule has 4 aromatic rings. The van der Waals surface area contributed by atoms with Crippen LogP contribution in [0.4, 0.5) is 11.4 Å². The number of carbonyl (C=O) groups is 2. The van der Waals surface area contributed by atoms with Gasteiger partial charge in [0.1, 0.15) is 11.5 Å². The van der Waals surface area contributed by atoms with E-state index >= 15 is 0 Å². The molecule has 1 N–H and O–H groups in total. The van der Waals surface area contributed by atoms with Crippen molar-refractivity contribution in [2.24, 2.45) is 5.92 Å². The number of piperidine rings is 1. The van der Waals surface area contributed by atoms with E-state index in [-0.39, 0.29) is 29.2 Å². The number of nitrogens with one attached hydrogen (secondary N) is 1. The topological polar surface area (TPSA) is 93.1 Å². The number of pyridine rings is 1. The Morgan fingerprint density at radius 3 is 2.34 bits per heavy atom. The number of nitrogens with zero attached hydrogens (tertiary/aromatic N) is 3. The van der Waals surface area contributed by atoms with E-state index in [2.05, 4.69) is 28.4 Å². The highest BCUT2D eigenvalue weighted by Crippen LogP contribution is 2.40. The number of methoxy groups -OCH3 is 2. The van der Waals surface area contributed by atoms with E-state index in [4.69, 9.17) is 9.47 Å². The van der Waals surface area contributed by atoms with Crippen molar-refractivity contribution in [3.05, 3.63) is 124 Å². The van der Waals surface area contributed by atoms with Gasteiger partial charge in [0.25, 0.3) is 17.4 Å². The van der Waals surface area contributed by atoms with E-state index in [0.29, 0.717) is 54.5 Å². The third-order valence-corrected chi connectivity index (χ3v) is 9.57. The normalized spacial score (nSPS) is 18.6. The highest BCUT2D eigenvalue weighted by atomic mass is 16.5. The van der Waals surface area contributed by atoms with E-state index in [1.807, 2.05) is 51.9 Å². The second-order valence-corrected chi connectivity index (χ2v) is 12.5. The number of carbonyl (C=O) groups excluding carboxylic acids is 2. The fraction of sp³-hybridized carbons (Fsp3) is 0.289. The smallest absolute Gasteiger partial charge is 0.255 e. The van der Waals surface area contributed by atoms with Crippen LogP contribution >= 0.6 is 0 Å². The molecule has 2 unspecified atom stereocenters. The first-order valence-electron chi connectivity index (χ1n) is 16.1. The van der Waals surface area contributed by atoms with Crippen molar-refractivity contribution in [3.63, 3.8) is 0 Å². The van der Waals surface area contributed by atoms with E-state index in [0.717, 1.165) is 30.8 Å². The third-order valence-electron chi connectivity index (χ3n) is 9.57. The highest BCUT2D eigenvalue weighted by molar-refractivity contribution is 6.07. The van der Waals surface area contributed by atoms with E-state index in [9.17, 15) is 14.4 Å². The van der Waals surface area contributed by atoms with E-state index in [1.54, 1.807) is 44.6 Å². The summed E-state index contributed by atoms with van der Waals surface area (Å²) in [5, 5.41) is 3.12. The van der Waals surface area contributed by atoms with E-state index < -0.39 is 0 Å². The third kappa shape index (κ3) is 6.13. The van der Waals surface area contributed by atoms with Gasteiger partial charge in [0.05, 0.1) is 25.6 Å². The molecule has 2 bridgehead atoms. The van der Waals surface area contributed by atoms with Gasteiger partial charge in [-0.25, -0.2) is 0 Å². The lowest BCUT2D eigenvalue weighted by Gasteiger charge is -2.44. The zero-order valence-corrected chi connectivity index (χ0v) is 26.6. The monoisotopic (exact) mass is 630 g/mol. The summed E-state index contributed by atoms with van der Waals surface area (Å²) in [7, 11) is 3.09. The molecule has 2 amide bonds. The number of hydrogen-bond donors (Lipinski definition) is 1. The number of benzene rings is 3. The molecule has 9 heteroatoms. The first-order valence-corrected chi connectivity index (χ1v) is 16.1. The van der Waals surface area contributed by atoms with Crippen LogP contribution < -0.4 is 25.2 Å². The molecule has 9 nitrogen and oxygen atoms in total. The summed E-state index contributed by atoms with van der Waals surface area (Å²) in [5.74, 6) is 1.06. The number of ether oxygens (including phenoxy) is 2. The van der Waals surface area contributed by atoms with Gasteiger partial charge in [-0.15, -0.1) is 0 Å². The van der Waals surface area contributed by atoms with Crippen LogP contribution in [0.15, 0.2) is 95.8 Å². The SMILES string of the molecule is COc1cc(OC)cc(C(=O)Nc2cc(C(=O)N3CC=C(c4ccccc4)CC3)ccc2N2CC3CC(C2)c2cccc(=O)n2C3)c1. The minimum Gasteiger partial charge on any atom is -0.497 e. The van der Waals surface area contributed by atoms with Crippen molar-refractivity contribution >= 4 is 28.8 Å². The predicted octanol–water partition coefficient (Wildman–Crippen LogP) is 5.67. The van der Waals surface area contributed by atoms with Crippen molar-refractivity contribution in [3.8, 4) is 11.5 Å². The molecule has 0 spiro atoms. The van der Waals surface area contributed by atoms with E-state index in [1.165, 1.54) is 11.1 Å². The lowest BCUT2D eigenvalue weighted by Crippen LogP contribution is -2.47. The second-order valence-electron chi connectivity index (χ2n) is 12.5. The summed E-state index contributed by atoms with van der Waals surface area (Å²) in [6, 6.07) is 26.4. The molecular formula is C38H38N4O5. The van der Waals surface area contributed by atoms with Crippen LogP contribution in [0.25, 0.3) is 5.57 Å². The predicted molar refractivity (Wildman–Crippen MR) is 183 cm³/mol. The summed E-state index contributed by atoms with van der Waals surface area (Å²) in [6.45, 7) is 3.23. The van der Waals surface area contributed by atoms with Crippen molar-refractivity contribution in [1.82, 2.24) is 9.47 Å². The Balaban J connectivity index is 1.20. The molecule has 0 saturated carbocycles. The number of aromatic nitrogens is 1. The van der Waals surface area contributed by atoms with Crippen molar-refractivity contribution in [2.45, 2.75) is 25.3 Å². The van der Waals surface area contributed by atoms with Crippen LogP contribution in [0.3, 0.4) is 0 Å². The van der Waals surface area contributed by atoms with Crippen LogP contribution in [0, 0.1) is 5.92 Å². The van der Waals surface area contributed by atoms with Gasteiger partial charge in [0, 0.05) is 67.6 Å². The van der Waals surface area contributed by atoms with Crippen LogP contribution in [0.2, 0.25) is 0 Å². The first kappa shape index (κ1) is 30.3. The zero-order chi connectivity index (χ0) is 32.5. The molecule has 1 fully saturated rings. The maximum absolute atomic E-state index is 13.8. The van der Waals surface area contributed by atoms with Crippen molar-refractivity contribution in [1.29, 1.82) is 0 Å². The maximum Gasteiger partial charge on any atom is 0.255 e. The van der Waals surface area contributed by atoms with Gasteiger partial charge in [0.2, 0.25) is 0 Å². The fourth-order valence-electron chi connectivity index (χ4n) is 7.22. The van der Waals surface area contributed by atoms with Crippen LogP contribution in [0.1, 0.15) is 50.7 Å². The first-order chi connectivity index (χ1) is 22.9. The summed E-state index contributed by atoms with van der Waals surface area (Å²) in [5.41, 5.74) is 5.81. The number of anilines is 2. The molecule has 47 heavy (non-hydrogen) atoms. The molecule has 240 valence electrons. The fourth-order valence-corrected chi connectivity index (χ4v) is 7.22. The minimum atomic E-state index is -0.337. The Bertz CT molecular complexity index is 1890. The van der Waals surface area contributed by atoms with Gasteiger partial charge >= 0.3 is 0 Å². The number of fused-ring (bicyclic) bond motifs is 4.